The molecule has 19 heavy (non-hydrogen) atoms. The van der Waals surface area contributed by atoms with Crippen LogP contribution in [-0.2, 0) is 6.61 Å². The number of aromatic carboxylic acids is 1. The maximum atomic E-state index is 13.3. The number of carbonyl (C=O) groups is 1. The van der Waals surface area contributed by atoms with Crippen LogP contribution in [0.25, 0.3) is 0 Å². The van der Waals surface area contributed by atoms with Gasteiger partial charge < -0.3 is 14.4 Å². The van der Waals surface area contributed by atoms with Crippen LogP contribution in [0.1, 0.15) is 21.8 Å². The predicted molar refractivity (Wildman–Crippen MR) is 58.9 cm³/mol. The lowest BCUT2D eigenvalue weighted by atomic mass is 10.2. The van der Waals surface area contributed by atoms with Gasteiger partial charge in [-0.25, -0.2) is 13.6 Å². The van der Waals surface area contributed by atoms with Crippen molar-refractivity contribution in [3.8, 4) is 5.75 Å². The summed E-state index contributed by atoms with van der Waals surface area (Å²) in [5, 5.41) is 12.2. The van der Waals surface area contributed by atoms with Gasteiger partial charge in [0.05, 0.1) is 5.56 Å². The Balaban J connectivity index is 2.19. The number of rotatable bonds is 4. The van der Waals surface area contributed by atoms with Crippen LogP contribution < -0.4 is 4.74 Å². The molecule has 0 atom stereocenters. The van der Waals surface area contributed by atoms with Crippen LogP contribution >= 0.6 is 0 Å². The Morgan fingerprint density at radius 2 is 2.21 bits per heavy atom. The van der Waals surface area contributed by atoms with E-state index in [-0.39, 0.29) is 29.4 Å². The van der Waals surface area contributed by atoms with Crippen LogP contribution in [0.2, 0.25) is 0 Å². The van der Waals surface area contributed by atoms with Gasteiger partial charge in [-0.1, -0.05) is 5.16 Å². The molecule has 5 nitrogen and oxygen atoms in total. The molecular weight excluding hydrogens is 260 g/mol. The summed E-state index contributed by atoms with van der Waals surface area (Å²) in [4.78, 5) is 10.9. The number of carboxylic acids is 1. The average Bonchev–Trinajstić information content (AvgIpc) is 2.70. The summed E-state index contributed by atoms with van der Waals surface area (Å²) in [6, 6.07) is 2.83. The Bertz CT molecular complexity index is 624. The molecule has 0 aliphatic rings. The molecule has 100 valence electrons. The molecule has 0 saturated heterocycles. The lowest BCUT2D eigenvalue weighted by molar-refractivity contribution is 0.0683. The number of nitrogens with zero attached hydrogens (tertiary/aromatic N) is 1. The molecule has 0 aliphatic heterocycles. The van der Waals surface area contributed by atoms with Crippen molar-refractivity contribution in [1.29, 1.82) is 0 Å². The summed E-state index contributed by atoms with van der Waals surface area (Å²) in [6.45, 7) is 1.28. The fourth-order valence-electron chi connectivity index (χ4n) is 1.47. The van der Waals surface area contributed by atoms with E-state index in [4.69, 9.17) is 14.4 Å². The van der Waals surface area contributed by atoms with Crippen molar-refractivity contribution in [3.63, 3.8) is 0 Å². The molecule has 0 unspecified atom stereocenters. The van der Waals surface area contributed by atoms with Gasteiger partial charge in [-0.05, 0) is 19.1 Å². The molecule has 0 fully saturated rings. The van der Waals surface area contributed by atoms with E-state index in [1.54, 1.807) is 0 Å². The fourth-order valence-corrected chi connectivity index (χ4v) is 1.47. The van der Waals surface area contributed by atoms with Crippen LogP contribution in [0.15, 0.2) is 22.7 Å². The van der Waals surface area contributed by atoms with Gasteiger partial charge in [0.15, 0.2) is 17.3 Å². The van der Waals surface area contributed by atoms with Crippen molar-refractivity contribution in [2.45, 2.75) is 13.5 Å². The van der Waals surface area contributed by atoms with Crippen LogP contribution in [0.5, 0.6) is 5.75 Å². The molecule has 1 heterocycles. The van der Waals surface area contributed by atoms with E-state index >= 15 is 0 Å². The normalized spacial score (nSPS) is 10.5. The smallest absolute Gasteiger partial charge is 0.358 e. The average molecular weight is 269 g/mol. The van der Waals surface area contributed by atoms with Gasteiger partial charge in [0.2, 0.25) is 0 Å². The zero-order valence-electron chi connectivity index (χ0n) is 9.81. The van der Waals surface area contributed by atoms with Gasteiger partial charge in [-0.3, -0.25) is 0 Å². The first-order valence-corrected chi connectivity index (χ1v) is 5.25. The van der Waals surface area contributed by atoms with E-state index in [1.165, 1.54) is 6.92 Å². The van der Waals surface area contributed by atoms with Crippen molar-refractivity contribution in [2.24, 2.45) is 0 Å². The van der Waals surface area contributed by atoms with E-state index in [9.17, 15) is 13.6 Å². The Kier molecular flexibility index (Phi) is 3.46. The summed E-state index contributed by atoms with van der Waals surface area (Å²) < 4.78 is 35.8. The number of halogens is 2. The van der Waals surface area contributed by atoms with Crippen LogP contribution in [-0.4, -0.2) is 16.2 Å². The third-order valence-electron chi connectivity index (χ3n) is 2.45. The Labute approximate surface area is 106 Å². The van der Waals surface area contributed by atoms with Gasteiger partial charge in [-0.2, -0.15) is 0 Å². The van der Waals surface area contributed by atoms with Crippen molar-refractivity contribution in [3.05, 3.63) is 46.9 Å². The SMILES string of the molecule is Cc1onc(C(=O)O)c1COc1ccc(F)cc1F. The summed E-state index contributed by atoms with van der Waals surface area (Å²) >= 11 is 0. The lowest BCUT2D eigenvalue weighted by Gasteiger charge is -2.06. The molecule has 1 aromatic heterocycles. The molecule has 0 radical (unpaired) electrons. The maximum Gasteiger partial charge on any atom is 0.358 e. The van der Waals surface area contributed by atoms with Crippen LogP contribution in [0.3, 0.4) is 0 Å². The zero-order chi connectivity index (χ0) is 14.0. The third kappa shape index (κ3) is 2.70. The molecule has 0 bridgehead atoms. The van der Waals surface area contributed by atoms with E-state index < -0.39 is 17.6 Å². The standard InChI is InChI=1S/C12H9F2NO4/c1-6-8(11(12(16)17)15-19-6)5-18-10-3-2-7(13)4-9(10)14/h2-4H,5H2,1H3,(H,16,17). The first kappa shape index (κ1) is 13.0. The highest BCUT2D eigenvalue weighted by molar-refractivity contribution is 5.87. The monoisotopic (exact) mass is 269 g/mol. The quantitative estimate of drug-likeness (QED) is 0.923. The van der Waals surface area contributed by atoms with Crippen molar-refractivity contribution in [1.82, 2.24) is 5.16 Å². The van der Waals surface area contributed by atoms with Gasteiger partial charge in [-0.15, -0.1) is 0 Å². The van der Waals surface area contributed by atoms with Crippen LogP contribution in [0, 0.1) is 18.6 Å². The van der Waals surface area contributed by atoms with Crippen LogP contribution in [0.4, 0.5) is 8.78 Å². The highest BCUT2D eigenvalue weighted by Crippen LogP contribution is 2.21. The summed E-state index contributed by atoms with van der Waals surface area (Å²) in [7, 11) is 0. The first-order valence-electron chi connectivity index (χ1n) is 5.25. The number of ether oxygens (including phenoxy) is 1. The molecule has 0 saturated carbocycles. The molecular formula is C12H9F2NO4. The second-order valence-corrected chi connectivity index (χ2v) is 3.73. The van der Waals surface area contributed by atoms with E-state index in [1.807, 2.05) is 0 Å². The van der Waals surface area contributed by atoms with Gasteiger partial charge in [0.1, 0.15) is 18.2 Å². The molecule has 0 amide bonds. The van der Waals surface area contributed by atoms with Crippen molar-refractivity contribution >= 4 is 5.97 Å². The Morgan fingerprint density at radius 3 is 2.84 bits per heavy atom. The Hall–Kier alpha value is -2.44. The number of aromatic nitrogens is 1. The summed E-state index contributed by atoms with van der Waals surface area (Å²) in [6.07, 6.45) is 0. The molecule has 0 aliphatic carbocycles. The minimum absolute atomic E-state index is 0.182. The number of aryl methyl sites for hydroxylation is 1. The first-order chi connectivity index (χ1) is 8.99. The molecule has 1 N–H and O–H groups in total. The lowest BCUT2D eigenvalue weighted by Crippen LogP contribution is -2.06. The second-order valence-electron chi connectivity index (χ2n) is 3.73. The van der Waals surface area contributed by atoms with E-state index in [0.717, 1.165) is 12.1 Å². The molecule has 2 rings (SSSR count). The molecule has 7 heteroatoms. The largest absolute Gasteiger partial charge is 0.486 e. The minimum Gasteiger partial charge on any atom is -0.486 e. The third-order valence-corrected chi connectivity index (χ3v) is 2.45. The maximum absolute atomic E-state index is 13.3. The number of hydrogen-bond acceptors (Lipinski definition) is 4. The topological polar surface area (TPSA) is 72.6 Å². The number of benzene rings is 1. The summed E-state index contributed by atoms with van der Waals surface area (Å²) in [5.74, 6) is -2.78. The van der Waals surface area contributed by atoms with E-state index in [0.29, 0.717) is 6.07 Å². The summed E-state index contributed by atoms with van der Waals surface area (Å²) in [5.41, 5.74) is -0.0868. The van der Waals surface area contributed by atoms with Gasteiger partial charge in [0.25, 0.3) is 0 Å². The predicted octanol–water partition coefficient (Wildman–Crippen LogP) is 2.54. The Morgan fingerprint density at radius 1 is 1.47 bits per heavy atom. The van der Waals surface area contributed by atoms with E-state index in [2.05, 4.69) is 5.16 Å². The highest BCUT2D eigenvalue weighted by atomic mass is 19.1. The van der Waals surface area contributed by atoms with Gasteiger partial charge in [0, 0.05) is 6.07 Å². The fraction of sp³-hybridized carbons (Fsp3) is 0.167. The zero-order valence-corrected chi connectivity index (χ0v) is 9.81. The number of carboxylic acid groups (broad SMARTS) is 1. The molecule has 2 aromatic rings. The molecule has 0 spiro atoms. The highest BCUT2D eigenvalue weighted by Gasteiger charge is 2.19. The second kappa shape index (κ2) is 5.05. The van der Waals surface area contributed by atoms with Crippen molar-refractivity contribution in [2.75, 3.05) is 0 Å². The minimum atomic E-state index is -1.27. The molecule has 1 aromatic carbocycles. The van der Waals surface area contributed by atoms with Crippen molar-refractivity contribution < 1.29 is 27.9 Å². The number of hydrogen-bond donors (Lipinski definition) is 1. The van der Waals surface area contributed by atoms with Gasteiger partial charge >= 0.3 is 5.97 Å².